The molecular weight excluding hydrogens is 272 g/mol. The fourth-order valence-corrected chi connectivity index (χ4v) is 2.58. The Hall–Kier alpha value is -1.48. The predicted octanol–water partition coefficient (Wildman–Crippen LogP) is 5.09. The normalized spacial score (nSPS) is 10.9. The minimum Gasteiger partial charge on any atom is -0.380 e. The second-order valence-corrected chi connectivity index (χ2v) is 5.42. The number of aromatic nitrogens is 1. The third-order valence-electron chi connectivity index (χ3n) is 3.44. The monoisotopic (exact) mass is 292 g/mol. The largest absolute Gasteiger partial charge is 0.380 e. The van der Waals surface area contributed by atoms with Crippen LogP contribution in [0.5, 0.6) is 0 Å². The van der Waals surface area contributed by atoms with Gasteiger partial charge in [0.25, 0.3) is 0 Å². The highest BCUT2D eigenvalue weighted by Gasteiger charge is 2.17. The summed E-state index contributed by atoms with van der Waals surface area (Å²) in [4.78, 5) is 0. The van der Waals surface area contributed by atoms with Crippen molar-refractivity contribution in [1.29, 1.82) is 0 Å². The van der Waals surface area contributed by atoms with Gasteiger partial charge in [0.1, 0.15) is 5.76 Å². The first-order chi connectivity index (χ1) is 9.74. The van der Waals surface area contributed by atoms with Gasteiger partial charge in [-0.2, -0.15) is 0 Å². The summed E-state index contributed by atoms with van der Waals surface area (Å²) in [5, 5.41) is 4.57. The minimum absolute atomic E-state index is 0.418. The van der Waals surface area contributed by atoms with Gasteiger partial charge in [-0.15, -0.1) is 0 Å². The molecule has 1 aromatic carbocycles. The molecule has 1 aromatic heterocycles. The Kier molecular flexibility index (Phi) is 5.48. The van der Waals surface area contributed by atoms with Gasteiger partial charge in [0.05, 0.1) is 5.56 Å². The van der Waals surface area contributed by atoms with Crippen LogP contribution in [0, 0.1) is 0 Å². The lowest BCUT2D eigenvalue weighted by molar-refractivity contribution is 0.381. The molecule has 0 unspecified atom stereocenters. The number of anilines is 1. The van der Waals surface area contributed by atoms with Crippen LogP contribution in [0.25, 0.3) is 11.1 Å². The van der Waals surface area contributed by atoms with Crippen molar-refractivity contribution < 1.29 is 4.52 Å². The van der Waals surface area contributed by atoms with Crippen molar-refractivity contribution in [2.24, 2.45) is 0 Å². The van der Waals surface area contributed by atoms with Crippen molar-refractivity contribution in [2.75, 3.05) is 5.73 Å². The van der Waals surface area contributed by atoms with Gasteiger partial charge >= 0.3 is 0 Å². The van der Waals surface area contributed by atoms with Gasteiger partial charge < -0.3 is 10.3 Å². The first-order valence-corrected chi connectivity index (χ1v) is 7.60. The molecule has 3 nitrogen and oxygen atoms in total. The van der Waals surface area contributed by atoms with E-state index in [1.54, 1.807) is 0 Å². The van der Waals surface area contributed by atoms with Gasteiger partial charge in [0.15, 0.2) is 5.82 Å². The zero-order chi connectivity index (χ0) is 14.4. The van der Waals surface area contributed by atoms with Crippen LogP contribution in [0.3, 0.4) is 0 Å². The number of hydrogen-bond acceptors (Lipinski definition) is 3. The predicted molar refractivity (Wildman–Crippen MR) is 83.8 cm³/mol. The molecule has 0 aliphatic carbocycles. The Morgan fingerprint density at radius 3 is 2.65 bits per heavy atom. The van der Waals surface area contributed by atoms with E-state index in [4.69, 9.17) is 21.9 Å². The van der Waals surface area contributed by atoms with E-state index in [1.165, 1.54) is 25.7 Å². The molecule has 4 heteroatoms. The highest BCUT2D eigenvalue weighted by molar-refractivity contribution is 6.33. The van der Waals surface area contributed by atoms with Crippen LogP contribution >= 0.6 is 11.6 Å². The zero-order valence-corrected chi connectivity index (χ0v) is 12.6. The molecule has 2 aromatic rings. The maximum Gasteiger partial charge on any atom is 0.175 e. The molecule has 0 amide bonds. The molecule has 0 fully saturated rings. The number of unbranched alkanes of at least 4 members (excludes halogenated alkanes) is 4. The minimum atomic E-state index is 0.418. The van der Waals surface area contributed by atoms with E-state index in [2.05, 4.69) is 12.1 Å². The average molecular weight is 293 g/mol. The number of nitrogen functional groups attached to an aromatic ring is 1. The maximum absolute atomic E-state index is 6.24. The molecule has 0 aliphatic heterocycles. The zero-order valence-electron chi connectivity index (χ0n) is 11.9. The fourth-order valence-electron chi connectivity index (χ4n) is 2.35. The van der Waals surface area contributed by atoms with Crippen molar-refractivity contribution in [3.8, 4) is 11.1 Å². The van der Waals surface area contributed by atoms with Crippen LogP contribution < -0.4 is 5.73 Å². The molecule has 0 saturated carbocycles. The Balaban J connectivity index is 2.10. The number of benzene rings is 1. The van der Waals surface area contributed by atoms with E-state index in [-0.39, 0.29) is 0 Å². The number of nitrogens with zero attached hydrogens (tertiary/aromatic N) is 1. The molecule has 0 saturated heterocycles. The molecule has 2 N–H and O–H groups in total. The number of halogens is 1. The maximum atomic E-state index is 6.24. The molecule has 0 bridgehead atoms. The first kappa shape index (κ1) is 14.9. The molecule has 0 aliphatic rings. The van der Waals surface area contributed by atoms with E-state index in [1.807, 2.05) is 24.3 Å². The lowest BCUT2D eigenvalue weighted by atomic mass is 10.0. The quantitative estimate of drug-likeness (QED) is 0.723. The van der Waals surface area contributed by atoms with Gasteiger partial charge in [-0.05, 0) is 12.5 Å². The van der Waals surface area contributed by atoms with Crippen LogP contribution in [0.2, 0.25) is 5.02 Å². The third-order valence-corrected chi connectivity index (χ3v) is 3.77. The molecule has 1 heterocycles. The summed E-state index contributed by atoms with van der Waals surface area (Å²) in [5.74, 6) is 1.26. The fraction of sp³-hybridized carbons (Fsp3) is 0.438. The van der Waals surface area contributed by atoms with Crippen molar-refractivity contribution in [3.63, 3.8) is 0 Å². The van der Waals surface area contributed by atoms with E-state index in [9.17, 15) is 0 Å². The summed E-state index contributed by atoms with van der Waals surface area (Å²) < 4.78 is 5.38. The number of aryl methyl sites for hydroxylation is 1. The van der Waals surface area contributed by atoms with Gasteiger partial charge in [-0.1, -0.05) is 67.6 Å². The van der Waals surface area contributed by atoms with Crippen LogP contribution in [-0.2, 0) is 6.42 Å². The second-order valence-electron chi connectivity index (χ2n) is 5.01. The summed E-state index contributed by atoms with van der Waals surface area (Å²) in [6.45, 7) is 2.21. The van der Waals surface area contributed by atoms with Crippen molar-refractivity contribution in [2.45, 2.75) is 45.4 Å². The second kappa shape index (κ2) is 7.34. The van der Waals surface area contributed by atoms with Crippen LogP contribution in [-0.4, -0.2) is 5.16 Å². The molecule has 0 spiro atoms. The molecule has 0 atom stereocenters. The van der Waals surface area contributed by atoms with Crippen LogP contribution in [0.4, 0.5) is 5.82 Å². The SMILES string of the molecule is CCCCCCCc1onc(N)c1-c1ccccc1Cl. The highest BCUT2D eigenvalue weighted by atomic mass is 35.5. The topological polar surface area (TPSA) is 52.0 Å². The molecular formula is C16H21ClN2O. The Bertz CT molecular complexity index is 551. The van der Waals surface area contributed by atoms with E-state index < -0.39 is 0 Å². The van der Waals surface area contributed by atoms with E-state index in [0.717, 1.165) is 29.7 Å². The molecule has 108 valence electrons. The Morgan fingerprint density at radius 1 is 1.15 bits per heavy atom. The summed E-state index contributed by atoms with van der Waals surface area (Å²) in [7, 11) is 0. The van der Waals surface area contributed by atoms with Crippen molar-refractivity contribution in [1.82, 2.24) is 5.16 Å². The standard InChI is InChI=1S/C16H21ClN2O/c1-2-3-4-5-6-11-14-15(16(18)19-20-14)12-9-7-8-10-13(12)17/h7-10H,2-6,11H2,1H3,(H2,18,19). The lowest BCUT2D eigenvalue weighted by Crippen LogP contribution is -1.92. The summed E-state index contributed by atoms with van der Waals surface area (Å²) in [6.07, 6.45) is 6.95. The average Bonchev–Trinajstić information content (AvgIpc) is 2.80. The van der Waals surface area contributed by atoms with Crippen LogP contribution in [0.15, 0.2) is 28.8 Å². The number of hydrogen-bond donors (Lipinski definition) is 1. The van der Waals surface area contributed by atoms with Gasteiger partial charge in [0, 0.05) is 17.0 Å². The number of nitrogens with two attached hydrogens (primary N) is 1. The lowest BCUT2D eigenvalue weighted by Gasteiger charge is -2.05. The highest BCUT2D eigenvalue weighted by Crippen LogP contribution is 2.35. The van der Waals surface area contributed by atoms with Crippen LogP contribution in [0.1, 0.15) is 44.8 Å². The van der Waals surface area contributed by atoms with Crippen molar-refractivity contribution >= 4 is 17.4 Å². The summed E-state index contributed by atoms with van der Waals surface area (Å²) in [6, 6.07) is 7.65. The molecule has 0 radical (unpaired) electrons. The first-order valence-electron chi connectivity index (χ1n) is 7.23. The van der Waals surface area contributed by atoms with Gasteiger partial charge in [0.2, 0.25) is 0 Å². The van der Waals surface area contributed by atoms with Gasteiger partial charge in [-0.25, -0.2) is 0 Å². The number of rotatable bonds is 7. The summed E-state index contributed by atoms with van der Waals surface area (Å²) in [5.41, 5.74) is 7.68. The summed E-state index contributed by atoms with van der Waals surface area (Å²) >= 11 is 6.24. The molecule has 20 heavy (non-hydrogen) atoms. The Morgan fingerprint density at radius 2 is 1.90 bits per heavy atom. The third kappa shape index (κ3) is 3.54. The van der Waals surface area contributed by atoms with E-state index in [0.29, 0.717) is 10.8 Å². The Labute approximate surface area is 125 Å². The van der Waals surface area contributed by atoms with Crippen molar-refractivity contribution in [3.05, 3.63) is 35.0 Å². The molecule has 2 rings (SSSR count). The van der Waals surface area contributed by atoms with Gasteiger partial charge in [-0.3, -0.25) is 0 Å². The van der Waals surface area contributed by atoms with E-state index >= 15 is 0 Å². The smallest absolute Gasteiger partial charge is 0.175 e.